The van der Waals surface area contributed by atoms with Gasteiger partial charge in [-0.25, -0.2) is 0 Å². The Hall–Kier alpha value is -3.62. The third kappa shape index (κ3) is 2.32. The third-order valence-electron chi connectivity index (χ3n) is 4.90. The Morgan fingerprint density at radius 3 is 1.57 bits per heavy atom. The second-order valence-corrected chi connectivity index (χ2v) is 7.25. The van der Waals surface area contributed by atoms with Crippen LogP contribution in [0.1, 0.15) is 11.1 Å². The Morgan fingerprint density at radius 2 is 1.14 bits per heavy atom. The number of rotatable bonds is 0. The van der Waals surface area contributed by atoms with E-state index < -0.39 is 8.24 Å². The first-order chi connectivity index (χ1) is 13.7. The molecule has 0 saturated carbocycles. The lowest BCUT2D eigenvalue weighted by Gasteiger charge is -2.08. The van der Waals surface area contributed by atoms with E-state index in [1.807, 2.05) is 60.7 Å². The van der Waals surface area contributed by atoms with Crippen molar-refractivity contribution in [3.8, 4) is 24.7 Å². The maximum atomic E-state index is 10.4. The van der Waals surface area contributed by atoms with E-state index in [2.05, 4.69) is 11.8 Å². The Labute approximate surface area is 161 Å². The van der Waals surface area contributed by atoms with E-state index in [1.165, 1.54) is 0 Å². The SMILES string of the molecule is C#Cc1cc2ccccc2c2c1op(O)oc1c(C#C)cc3ccccc3c12. The highest BCUT2D eigenvalue weighted by atomic mass is 31.1. The molecule has 4 heteroatoms. The predicted molar refractivity (Wildman–Crippen MR) is 115 cm³/mol. The summed E-state index contributed by atoms with van der Waals surface area (Å²) in [5.41, 5.74) is 1.99. The van der Waals surface area contributed by atoms with Crippen LogP contribution in [-0.4, -0.2) is 4.89 Å². The molecule has 0 aliphatic carbocycles. The second kappa shape index (κ2) is 6.22. The van der Waals surface area contributed by atoms with E-state index in [9.17, 15) is 4.89 Å². The molecular weight excluding hydrogens is 367 g/mol. The normalized spacial score (nSPS) is 11.0. The molecule has 0 fully saturated rings. The molecule has 0 atom stereocenters. The molecule has 1 heterocycles. The van der Waals surface area contributed by atoms with Gasteiger partial charge >= 0.3 is 8.24 Å². The average molecular weight is 380 g/mol. The van der Waals surface area contributed by atoms with Gasteiger partial charge in [0.05, 0.1) is 11.1 Å². The standard InChI is InChI=1S/C24H13O3P/c1-3-15-13-17-9-5-7-11-19(17)21-22-20-12-8-6-10-18(20)14-16(4-2)24(22)27-28(25)26-23(15)21/h1-2,5-14,25H. The molecule has 5 rings (SSSR count). The zero-order chi connectivity index (χ0) is 19.3. The van der Waals surface area contributed by atoms with Gasteiger partial charge in [0.15, 0.2) is 11.2 Å². The smallest absolute Gasteiger partial charge is 0.384 e. The molecule has 0 aliphatic heterocycles. The molecule has 1 N–H and O–H groups in total. The molecule has 0 bridgehead atoms. The van der Waals surface area contributed by atoms with Crippen LogP contribution >= 0.6 is 8.24 Å². The van der Waals surface area contributed by atoms with Gasteiger partial charge in [0.1, 0.15) is 0 Å². The summed E-state index contributed by atoms with van der Waals surface area (Å²) in [4.78, 5) is 10.4. The first-order valence-corrected chi connectivity index (χ1v) is 9.74. The summed E-state index contributed by atoms with van der Waals surface area (Å²) in [6.45, 7) is 0. The topological polar surface area (TPSA) is 46.5 Å². The van der Waals surface area contributed by atoms with Crippen molar-refractivity contribution in [1.82, 2.24) is 0 Å². The van der Waals surface area contributed by atoms with Crippen molar-refractivity contribution in [1.29, 1.82) is 0 Å². The molecular formula is C24H13O3P. The summed E-state index contributed by atoms with van der Waals surface area (Å²) in [7, 11) is -2.24. The van der Waals surface area contributed by atoms with Gasteiger partial charge in [-0.3, -0.25) is 4.89 Å². The van der Waals surface area contributed by atoms with Gasteiger partial charge in [-0.05, 0) is 33.7 Å². The fourth-order valence-electron chi connectivity index (χ4n) is 3.73. The second-order valence-electron chi connectivity index (χ2n) is 6.41. The third-order valence-corrected chi connectivity index (χ3v) is 5.58. The molecule has 0 amide bonds. The van der Waals surface area contributed by atoms with Crippen LogP contribution < -0.4 is 0 Å². The average Bonchev–Trinajstić information content (AvgIpc) is 2.88. The lowest BCUT2D eigenvalue weighted by molar-refractivity contribution is 0.495. The quantitative estimate of drug-likeness (QED) is 0.320. The van der Waals surface area contributed by atoms with Crippen molar-refractivity contribution in [3.63, 3.8) is 0 Å². The number of hydrogen-bond donors (Lipinski definition) is 1. The number of terminal acetylenes is 2. The summed E-state index contributed by atoms with van der Waals surface area (Å²) < 4.78 is 11.6. The summed E-state index contributed by atoms with van der Waals surface area (Å²) in [6, 6.07) is 19.6. The molecule has 4 aromatic carbocycles. The molecule has 0 radical (unpaired) electrons. The van der Waals surface area contributed by atoms with Crippen LogP contribution in [0.2, 0.25) is 0 Å². The van der Waals surface area contributed by atoms with Crippen molar-refractivity contribution >= 4 is 51.7 Å². The molecule has 28 heavy (non-hydrogen) atoms. The number of fused-ring (bicyclic) bond motifs is 7. The molecule has 0 saturated heterocycles. The van der Waals surface area contributed by atoms with E-state index in [0.29, 0.717) is 22.3 Å². The maximum absolute atomic E-state index is 10.4. The van der Waals surface area contributed by atoms with Crippen LogP contribution in [0.15, 0.2) is 69.1 Å². The Morgan fingerprint density at radius 1 is 0.714 bits per heavy atom. The highest BCUT2D eigenvalue weighted by molar-refractivity contribution is 7.30. The summed E-state index contributed by atoms with van der Waals surface area (Å²) >= 11 is 0. The monoisotopic (exact) mass is 380 g/mol. The van der Waals surface area contributed by atoms with Crippen LogP contribution in [0.5, 0.6) is 0 Å². The predicted octanol–water partition coefficient (Wildman–Crippen LogP) is 6.31. The molecule has 0 spiro atoms. The van der Waals surface area contributed by atoms with Crippen molar-refractivity contribution in [2.75, 3.05) is 0 Å². The molecule has 0 unspecified atom stereocenters. The number of benzene rings is 4. The van der Waals surface area contributed by atoms with Crippen LogP contribution in [-0.2, 0) is 0 Å². The molecule has 132 valence electrons. The van der Waals surface area contributed by atoms with Crippen LogP contribution in [0, 0.1) is 24.7 Å². The van der Waals surface area contributed by atoms with Gasteiger partial charge < -0.3 is 8.39 Å². The first kappa shape index (κ1) is 16.5. The lowest BCUT2D eigenvalue weighted by atomic mass is 9.95. The molecule has 1 aromatic heterocycles. The van der Waals surface area contributed by atoms with Crippen LogP contribution in [0.25, 0.3) is 43.5 Å². The Balaban J connectivity index is 2.30. The zero-order valence-corrected chi connectivity index (χ0v) is 15.5. The molecule has 0 aliphatic rings. The maximum Gasteiger partial charge on any atom is 0.384 e. The van der Waals surface area contributed by atoms with Crippen LogP contribution in [0.4, 0.5) is 0 Å². The largest absolute Gasteiger partial charge is 0.398 e. The highest BCUT2D eigenvalue weighted by Crippen LogP contribution is 2.42. The summed E-state index contributed by atoms with van der Waals surface area (Å²) in [5, 5.41) is 5.42. The summed E-state index contributed by atoms with van der Waals surface area (Å²) in [6.07, 6.45) is 11.5. The van der Waals surface area contributed by atoms with Crippen molar-refractivity contribution in [2.24, 2.45) is 0 Å². The minimum atomic E-state index is -2.24. The number of hydrogen-bond acceptors (Lipinski definition) is 3. The van der Waals surface area contributed by atoms with E-state index >= 15 is 0 Å². The fourth-order valence-corrected chi connectivity index (χ4v) is 4.46. The van der Waals surface area contributed by atoms with Gasteiger partial charge in [-0.1, -0.05) is 60.4 Å². The first-order valence-electron chi connectivity index (χ1n) is 8.61. The molecule has 3 nitrogen and oxygen atoms in total. The van der Waals surface area contributed by atoms with Gasteiger partial charge in [0, 0.05) is 10.8 Å². The fraction of sp³-hybridized carbons (Fsp3) is 0. The van der Waals surface area contributed by atoms with Gasteiger partial charge in [-0.2, -0.15) is 0 Å². The highest BCUT2D eigenvalue weighted by Gasteiger charge is 2.17. The van der Waals surface area contributed by atoms with E-state index in [1.54, 1.807) is 0 Å². The summed E-state index contributed by atoms with van der Waals surface area (Å²) in [5.74, 6) is 5.36. The minimum absolute atomic E-state index is 0.438. The van der Waals surface area contributed by atoms with Crippen molar-refractivity contribution in [3.05, 3.63) is 71.8 Å². The van der Waals surface area contributed by atoms with Crippen molar-refractivity contribution in [2.45, 2.75) is 0 Å². The van der Waals surface area contributed by atoms with Gasteiger partial charge in [0.2, 0.25) is 0 Å². The van der Waals surface area contributed by atoms with Gasteiger partial charge in [0.25, 0.3) is 0 Å². The van der Waals surface area contributed by atoms with E-state index in [4.69, 9.17) is 21.2 Å². The minimum Gasteiger partial charge on any atom is -0.398 e. The van der Waals surface area contributed by atoms with Gasteiger partial charge in [-0.15, -0.1) is 12.8 Å². The Bertz CT molecular complexity index is 1430. The molecule has 5 aromatic rings. The van der Waals surface area contributed by atoms with E-state index in [-0.39, 0.29) is 0 Å². The zero-order valence-electron chi connectivity index (χ0n) is 14.6. The van der Waals surface area contributed by atoms with Crippen LogP contribution in [0.3, 0.4) is 0 Å². The Kier molecular flexibility index (Phi) is 3.68. The van der Waals surface area contributed by atoms with Crippen molar-refractivity contribution < 1.29 is 13.3 Å². The van der Waals surface area contributed by atoms with E-state index in [0.717, 1.165) is 32.3 Å². The lowest BCUT2D eigenvalue weighted by Crippen LogP contribution is -1.86.